The molecular formula is C15H21N3S. The van der Waals surface area contributed by atoms with E-state index in [2.05, 4.69) is 19.2 Å². The van der Waals surface area contributed by atoms with Crippen molar-refractivity contribution >= 4 is 27.4 Å². The zero-order valence-corrected chi connectivity index (χ0v) is 12.6. The smallest absolute Gasteiger partial charge is 0.138 e. The van der Waals surface area contributed by atoms with Crippen LogP contribution in [-0.2, 0) is 19.3 Å². The predicted octanol–water partition coefficient (Wildman–Crippen LogP) is 3.95. The van der Waals surface area contributed by atoms with E-state index in [0.29, 0.717) is 0 Å². The van der Waals surface area contributed by atoms with Gasteiger partial charge in [0.25, 0.3) is 0 Å². The van der Waals surface area contributed by atoms with Crippen molar-refractivity contribution in [2.24, 2.45) is 0 Å². The fourth-order valence-electron chi connectivity index (χ4n) is 2.73. The van der Waals surface area contributed by atoms with Crippen molar-refractivity contribution in [3.05, 3.63) is 16.3 Å². The third kappa shape index (κ3) is 2.34. The van der Waals surface area contributed by atoms with Crippen LogP contribution in [-0.4, -0.2) is 16.5 Å². The largest absolute Gasteiger partial charge is 0.369 e. The van der Waals surface area contributed by atoms with Crippen LogP contribution in [0.1, 0.15) is 49.4 Å². The zero-order valence-electron chi connectivity index (χ0n) is 11.8. The Bertz CT molecular complexity index is 589. The van der Waals surface area contributed by atoms with Gasteiger partial charge in [-0.1, -0.05) is 13.8 Å². The molecule has 2 aromatic heterocycles. The summed E-state index contributed by atoms with van der Waals surface area (Å²) in [5.41, 5.74) is 1.52. The second kappa shape index (κ2) is 5.45. The molecule has 1 N–H and O–H groups in total. The monoisotopic (exact) mass is 275 g/mol. The van der Waals surface area contributed by atoms with Gasteiger partial charge < -0.3 is 5.32 Å². The Morgan fingerprint density at radius 2 is 2.00 bits per heavy atom. The van der Waals surface area contributed by atoms with Gasteiger partial charge in [-0.15, -0.1) is 11.3 Å². The summed E-state index contributed by atoms with van der Waals surface area (Å²) in [6.07, 6.45) is 7.09. The van der Waals surface area contributed by atoms with Gasteiger partial charge in [-0.3, -0.25) is 0 Å². The number of aryl methyl sites for hydroxylation is 3. The van der Waals surface area contributed by atoms with E-state index in [1.54, 1.807) is 4.88 Å². The van der Waals surface area contributed by atoms with Crippen molar-refractivity contribution in [1.29, 1.82) is 0 Å². The fraction of sp³-hybridized carbons (Fsp3) is 0.600. The lowest BCUT2D eigenvalue weighted by Crippen LogP contribution is -2.07. The van der Waals surface area contributed by atoms with Gasteiger partial charge in [0.2, 0.25) is 0 Å². The third-order valence-corrected chi connectivity index (χ3v) is 4.91. The van der Waals surface area contributed by atoms with E-state index in [9.17, 15) is 0 Å². The first-order valence-electron chi connectivity index (χ1n) is 7.38. The maximum atomic E-state index is 4.73. The molecule has 4 heteroatoms. The standard InChI is InChI=1S/C15H21N3S/c1-3-9-16-14-13-10-7-5-6-8-11(10)19-15(13)18-12(4-2)17-14/h3-9H2,1-2H3,(H,16,17,18). The normalized spacial score (nSPS) is 14.6. The molecule has 0 saturated carbocycles. The maximum Gasteiger partial charge on any atom is 0.138 e. The molecule has 2 heterocycles. The molecule has 0 bridgehead atoms. The number of nitrogens with one attached hydrogen (secondary N) is 1. The first kappa shape index (κ1) is 12.9. The first-order valence-corrected chi connectivity index (χ1v) is 8.20. The molecule has 2 aromatic rings. The molecular weight excluding hydrogens is 254 g/mol. The molecule has 0 aliphatic heterocycles. The van der Waals surface area contributed by atoms with Crippen LogP contribution in [0.4, 0.5) is 5.82 Å². The lowest BCUT2D eigenvalue weighted by molar-refractivity contribution is 0.700. The molecule has 0 spiro atoms. The van der Waals surface area contributed by atoms with Crippen molar-refractivity contribution in [2.75, 3.05) is 11.9 Å². The van der Waals surface area contributed by atoms with Gasteiger partial charge in [0.1, 0.15) is 16.5 Å². The van der Waals surface area contributed by atoms with Gasteiger partial charge in [0.05, 0.1) is 5.39 Å². The van der Waals surface area contributed by atoms with Crippen LogP contribution in [0.15, 0.2) is 0 Å². The minimum Gasteiger partial charge on any atom is -0.369 e. The second-order valence-corrected chi connectivity index (χ2v) is 6.24. The van der Waals surface area contributed by atoms with E-state index in [1.165, 1.54) is 41.5 Å². The van der Waals surface area contributed by atoms with E-state index in [1.807, 2.05) is 11.3 Å². The van der Waals surface area contributed by atoms with Crippen LogP contribution in [0.25, 0.3) is 10.2 Å². The van der Waals surface area contributed by atoms with Crippen LogP contribution in [0.2, 0.25) is 0 Å². The molecule has 19 heavy (non-hydrogen) atoms. The summed E-state index contributed by atoms with van der Waals surface area (Å²) in [6, 6.07) is 0. The molecule has 0 amide bonds. The van der Waals surface area contributed by atoms with Crippen LogP contribution in [0.5, 0.6) is 0 Å². The summed E-state index contributed by atoms with van der Waals surface area (Å²) < 4.78 is 0. The summed E-state index contributed by atoms with van der Waals surface area (Å²) >= 11 is 1.89. The number of anilines is 1. The summed E-state index contributed by atoms with van der Waals surface area (Å²) in [6.45, 7) is 5.30. The number of thiophene rings is 1. The minimum atomic E-state index is 0.902. The number of fused-ring (bicyclic) bond motifs is 3. The van der Waals surface area contributed by atoms with Gasteiger partial charge in [0.15, 0.2) is 0 Å². The van der Waals surface area contributed by atoms with E-state index in [-0.39, 0.29) is 0 Å². The van der Waals surface area contributed by atoms with Crippen molar-refractivity contribution in [2.45, 2.75) is 52.4 Å². The Labute approximate surface area is 118 Å². The number of aromatic nitrogens is 2. The van der Waals surface area contributed by atoms with Crippen molar-refractivity contribution in [3.8, 4) is 0 Å². The second-order valence-electron chi connectivity index (χ2n) is 5.16. The van der Waals surface area contributed by atoms with Crippen molar-refractivity contribution in [3.63, 3.8) is 0 Å². The summed E-state index contributed by atoms with van der Waals surface area (Å²) in [5, 5.41) is 4.81. The number of nitrogens with zero attached hydrogens (tertiary/aromatic N) is 2. The Morgan fingerprint density at radius 3 is 2.79 bits per heavy atom. The quantitative estimate of drug-likeness (QED) is 0.918. The van der Waals surface area contributed by atoms with Crippen molar-refractivity contribution in [1.82, 2.24) is 9.97 Å². The summed E-state index contributed by atoms with van der Waals surface area (Å²) in [7, 11) is 0. The Kier molecular flexibility index (Phi) is 3.69. The van der Waals surface area contributed by atoms with Gasteiger partial charge in [-0.05, 0) is 37.7 Å². The highest BCUT2D eigenvalue weighted by Crippen LogP contribution is 2.38. The average Bonchev–Trinajstić information content (AvgIpc) is 2.82. The Balaban J connectivity index is 2.16. The number of hydrogen-bond donors (Lipinski definition) is 1. The van der Waals surface area contributed by atoms with Crippen molar-refractivity contribution < 1.29 is 0 Å². The molecule has 3 nitrogen and oxygen atoms in total. The summed E-state index contributed by atoms with van der Waals surface area (Å²) in [5.74, 6) is 2.04. The van der Waals surface area contributed by atoms with Crippen LogP contribution in [0.3, 0.4) is 0 Å². The highest BCUT2D eigenvalue weighted by Gasteiger charge is 2.20. The molecule has 0 aromatic carbocycles. The Morgan fingerprint density at radius 1 is 1.16 bits per heavy atom. The highest BCUT2D eigenvalue weighted by molar-refractivity contribution is 7.19. The van der Waals surface area contributed by atoms with Gasteiger partial charge >= 0.3 is 0 Å². The molecule has 0 unspecified atom stereocenters. The van der Waals surface area contributed by atoms with Gasteiger partial charge in [-0.2, -0.15) is 0 Å². The molecule has 1 aliphatic rings. The Hall–Kier alpha value is -1.16. The molecule has 1 aliphatic carbocycles. The molecule has 102 valence electrons. The lowest BCUT2D eigenvalue weighted by Gasteiger charge is -2.12. The first-order chi connectivity index (χ1) is 9.33. The van der Waals surface area contributed by atoms with Crippen LogP contribution < -0.4 is 5.32 Å². The van der Waals surface area contributed by atoms with E-state index in [0.717, 1.165) is 31.0 Å². The maximum absolute atomic E-state index is 4.73. The van der Waals surface area contributed by atoms with Gasteiger partial charge in [0, 0.05) is 17.8 Å². The number of rotatable bonds is 4. The average molecular weight is 275 g/mol. The molecule has 0 radical (unpaired) electrons. The third-order valence-electron chi connectivity index (χ3n) is 3.72. The highest BCUT2D eigenvalue weighted by atomic mass is 32.1. The van der Waals surface area contributed by atoms with Crippen LogP contribution in [0, 0.1) is 0 Å². The molecule has 0 atom stereocenters. The number of hydrogen-bond acceptors (Lipinski definition) is 4. The fourth-order valence-corrected chi connectivity index (χ4v) is 4.01. The SMILES string of the molecule is CCCNc1nc(CC)nc2sc3c(c12)CCCC3. The lowest BCUT2D eigenvalue weighted by atomic mass is 9.97. The summed E-state index contributed by atoms with van der Waals surface area (Å²) in [4.78, 5) is 12.2. The van der Waals surface area contributed by atoms with E-state index < -0.39 is 0 Å². The predicted molar refractivity (Wildman–Crippen MR) is 82.2 cm³/mol. The zero-order chi connectivity index (χ0) is 13.2. The van der Waals surface area contributed by atoms with E-state index >= 15 is 0 Å². The molecule has 0 fully saturated rings. The van der Waals surface area contributed by atoms with E-state index in [4.69, 9.17) is 9.97 Å². The topological polar surface area (TPSA) is 37.8 Å². The molecule has 0 saturated heterocycles. The minimum absolute atomic E-state index is 0.902. The molecule has 3 rings (SSSR count). The van der Waals surface area contributed by atoms with Crippen LogP contribution >= 0.6 is 11.3 Å². The van der Waals surface area contributed by atoms with Gasteiger partial charge in [-0.25, -0.2) is 9.97 Å².